The summed E-state index contributed by atoms with van der Waals surface area (Å²) in [6.45, 7) is 0. The van der Waals surface area contributed by atoms with Crippen LogP contribution in [0.5, 0.6) is 0 Å². The number of hydrogen-bond acceptors (Lipinski definition) is 6. The molecule has 0 radical (unpaired) electrons. The number of fused-ring (bicyclic) bond motifs is 3. The average molecular weight is 204 g/mol. The van der Waals surface area contributed by atoms with Crippen molar-refractivity contribution in [1.29, 1.82) is 0 Å². The molecule has 0 saturated carbocycles. The van der Waals surface area contributed by atoms with Crippen molar-refractivity contribution < 1.29 is 0 Å². The van der Waals surface area contributed by atoms with Crippen molar-refractivity contribution in [3.63, 3.8) is 0 Å². The van der Waals surface area contributed by atoms with Crippen molar-refractivity contribution in [2.24, 2.45) is 12.9 Å². The summed E-state index contributed by atoms with van der Waals surface area (Å²) in [6, 6.07) is 0. The molecule has 8 nitrogen and oxygen atoms in total. The maximum atomic E-state index is 5.37. The maximum Gasteiger partial charge on any atom is 0.189 e. The summed E-state index contributed by atoms with van der Waals surface area (Å²) in [5.74, 6) is 5.87. The molecule has 0 aliphatic rings. The predicted octanol–water partition coefficient (Wildman–Crippen LogP) is -0.703. The highest BCUT2D eigenvalue weighted by Gasteiger charge is 2.12. The van der Waals surface area contributed by atoms with Crippen LogP contribution in [0.2, 0.25) is 0 Å². The number of rotatable bonds is 1. The van der Waals surface area contributed by atoms with E-state index in [1.54, 1.807) is 9.20 Å². The summed E-state index contributed by atoms with van der Waals surface area (Å²) >= 11 is 0. The largest absolute Gasteiger partial charge is 0.305 e. The third kappa shape index (κ3) is 0.987. The van der Waals surface area contributed by atoms with E-state index in [0.717, 1.165) is 5.39 Å². The summed E-state index contributed by atoms with van der Waals surface area (Å²) in [5.41, 5.74) is 3.85. The normalized spacial score (nSPS) is 11.3. The highest BCUT2D eigenvalue weighted by molar-refractivity contribution is 5.96. The van der Waals surface area contributed by atoms with Gasteiger partial charge in [0.25, 0.3) is 0 Å². The van der Waals surface area contributed by atoms with Gasteiger partial charge >= 0.3 is 0 Å². The van der Waals surface area contributed by atoms with Crippen LogP contribution in [0, 0.1) is 0 Å². The van der Waals surface area contributed by atoms with Crippen molar-refractivity contribution in [3.8, 4) is 0 Å². The number of hydrogen-bond donors (Lipinski definition) is 2. The summed E-state index contributed by atoms with van der Waals surface area (Å²) in [6.07, 6.45) is 3.37. The lowest BCUT2D eigenvalue weighted by molar-refractivity contribution is 0.779. The number of nitrogens with two attached hydrogens (primary N) is 1. The summed E-state index contributed by atoms with van der Waals surface area (Å²) in [7, 11) is 1.83. The highest BCUT2D eigenvalue weighted by atomic mass is 15.4. The number of aryl methyl sites for hydroxylation is 1. The smallest absolute Gasteiger partial charge is 0.189 e. The number of hydrazine groups is 1. The molecule has 15 heavy (non-hydrogen) atoms. The van der Waals surface area contributed by atoms with Gasteiger partial charge < -0.3 is 5.43 Å². The Hall–Kier alpha value is -2.22. The topological polar surface area (TPSA) is 99.0 Å². The van der Waals surface area contributed by atoms with E-state index < -0.39 is 0 Å². The van der Waals surface area contributed by atoms with E-state index in [-0.39, 0.29) is 0 Å². The lowest BCUT2D eigenvalue weighted by atomic mass is 10.3. The minimum atomic E-state index is 0.498. The Balaban J connectivity index is 2.57. The molecule has 3 aromatic heterocycles. The van der Waals surface area contributed by atoms with Gasteiger partial charge in [-0.1, -0.05) is 0 Å². The standard InChI is InChI=1S/C7H8N8/c1-14-2-4-5(12-14)6(10-8)13-15-3-9-11-7(4)15/h2-3H,8H2,1H3,(H,10,13). The Labute approximate surface area is 83.7 Å². The fourth-order valence-electron chi connectivity index (χ4n) is 1.56. The number of nitrogen functional groups attached to an aromatic ring is 1. The van der Waals surface area contributed by atoms with Gasteiger partial charge in [-0.05, 0) is 0 Å². The number of nitrogens with one attached hydrogen (secondary N) is 1. The van der Waals surface area contributed by atoms with Crippen molar-refractivity contribution in [3.05, 3.63) is 12.5 Å². The lowest BCUT2D eigenvalue weighted by Crippen LogP contribution is -2.11. The second kappa shape index (κ2) is 2.64. The van der Waals surface area contributed by atoms with Crippen molar-refractivity contribution in [2.45, 2.75) is 0 Å². The Morgan fingerprint density at radius 3 is 3.07 bits per heavy atom. The number of anilines is 1. The summed E-state index contributed by atoms with van der Waals surface area (Å²) in [4.78, 5) is 0. The Kier molecular flexibility index (Phi) is 1.43. The van der Waals surface area contributed by atoms with E-state index in [0.29, 0.717) is 17.0 Å². The molecular formula is C7H8N8. The molecule has 0 aliphatic carbocycles. The molecule has 3 aromatic rings. The van der Waals surface area contributed by atoms with Crippen molar-refractivity contribution in [1.82, 2.24) is 29.6 Å². The van der Waals surface area contributed by atoms with Crippen LogP contribution in [0.4, 0.5) is 5.82 Å². The van der Waals surface area contributed by atoms with Crippen molar-refractivity contribution >= 4 is 22.4 Å². The van der Waals surface area contributed by atoms with Gasteiger partial charge in [-0.25, -0.2) is 5.84 Å². The first-order chi connectivity index (χ1) is 7.29. The van der Waals surface area contributed by atoms with Gasteiger partial charge in [0.15, 0.2) is 11.5 Å². The second-order valence-corrected chi connectivity index (χ2v) is 3.16. The zero-order valence-electron chi connectivity index (χ0n) is 7.92. The first-order valence-corrected chi connectivity index (χ1v) is 4.29. The van der Waals surface area contributed by atoms with Gasteiger partial charge in [0.05, 0.1) is 5.39 Å². The molecule has 8 heteroatoms. The molecule has 0 amide bonds. The number of aromatic nitrogens is 6. The van der Waals surface area contributed by atoms with Gasteiger partial charge in [0.1, 0.15) is 11.8 Å². The van der Waals surface area contributed by atoms with E-state index in [9.17, 15) is 0 Å². The van der Waals surface area contributed by atoms with Crippen LogP contribution in [0.15, 0.2) is 12.5 Å². The third-order valence-corrected chi connectivity index (χ3v) is 2.17. The fourth-order valence-corrected chi connectivity index (χ4v) is 1.56. The summed E-state index contributed by atoms with van der Waals surface area (Å²) in [5, 5.41) is 17.0. The monoisotopic (exact) mass is 204 g/mol. The van der Waals surface area contributed by atoms with Crippen LogP contribution in [0.25, 0.3) is 16.6 Å². The van der Waals surface area contributed by atoms with E-state index in [1.165, 1.54) is 6.33 Å². The Morgan fingerprint density at radius 2 is 2.27 bits per heavy atom. The van der Waals surface area contributed by atoms with Crippen LogP contribution in [-0.2, 0) is 7.05 Å². The molecule has 3 rings (SSSR count). The molecule has 0 aliphatic heterocycles. The molecule has 0 spiro atoms. The molecule has 0 fully saturated rings. The van der Waals surface area contributed by atoms with Gasteiger partial charge in [0.2, 0.25) is 0 Å². The average Bonchev–Trinajstić information content (AvgIpc) is 2.80. The van der Waals surface area contributed by atoms with E-state index in [2.05, 4.69) is 25.8 Å². The van der Waals surface area contributed by atoms with E-state index in [4.69, 9.17) is 5.84 Å². The van der Waals surface area contributed by atoms with Gasteiger partial charge in [0, 0.05) is 13.2 Å². The molecule has 0 atom stereocenters. The molecule has 0 saturated heterocycles. The molecule has 0 bridgehead atoms. The Morgan fingerprint density at radius 1 is 1.40 bits per heavy atom. The minimum absolute atomic E-state index is 0.498. The first-order valence-electron chi connectivity index (χ1n) is 4.29. The third-order valence-electron chi connectivity index (χ3n) is 2.17. The van der Waals surface area contributed by atoms with Gasteiger partial charge in [-0.3, -0.25) is 4.68 Å². The molecular weight excluding hydrogens is 196 g/mol. The first kappa shape index (κ1) is 8.12. The second-order valence-electron chi connectivity index (χ2n) is 3.16. The highest BCUT2D eigenvalue weighted by Crippen LogP contribution is 2.21. The molecule has 3 N–H and O–H groups in total. The number of nitrogens with zero attached hydrogens (tertiary/aromatic N) is 6. The Bertz CT molecular complexity index is 635. The minimum Gasteiger partial charge on any atom is -0.305 e. The van der Waals surface area contributed by atoms with Gasteiger partial charge in [-0.15, -0.1) is 15.3 Å². The molecule has 0 unspecified atom stereocenters. The molecule has 3 heterocycles. The zero-order chi connectivity index (χ0) is 10.4. The summed E-state index contributed by atoms with van der Waals surface area (Å²) < 4.78 is 3.24. The van der Waals surface area contributed by atoms with E-state index >= 15 is 0 Å². The zero-order valence-corrected chi connectivity index (χ0v) is 7.92. The van der Waals surface area contributed by atoms with Crippen LogP contribution in [-0.4, -0.2) is 29.6 Å². The SMILES string of the molecule is Cn1cc2c(n1)c(NN)nn1cnnc21. The fraction of sp³-hybridized carbons (Fsp3) is 0.143. The van der Waals surface area contributed by atoms with Crippen LogP contribution in [0.1, 0.15) is 0 Å². The van der Waals surface area contributed by atoms with Crippen LogP contribution < -0.4 is 11.3 Å². The molecule has 76 valence electrons. The van der Waals surface area contributed by atoms with Crippen LogP contribution >= 0.6 is 0 Å². The van der Waals surface area contributed by atoms with Gasteiger partial charge in [-0.2, -0.15) is 9.61 Å². The molecule has 0 aromatic carbocycles. The quantitative estimate of drug-likeness (QED) is 0.401. The van der Waals surface area contributed by atoms with Crippen molar-refractivity contribution in [2.75, 3.05) is 5.43 Å². The lowest BCUT2D eigenvalue weighted by Gasteiger charge is -1.99. The predicted molar refractivity (Wildman–Crippen MR) is 52.9 cm³/mol. The maximum absolute atomic E-state index is 5.37. The van der Waals surface area contributed by atoms with E-state index in [1.807, 2.05) is 13.2 Å². The van der Waals surface area contributed by atoms with Crippen LogP contribution in [0.3, 0.4) is 0 Å².